The number of hydrogen-bond donors (Lipinski definition) is 0. The van der Waals surface area contributed by atoms with E-state index < -0.39 is 17.9 Å². The zero-order valence-electron chi connectivity index (χ0n) is 9.52. The van der Waals surface area contributed by atoms with Crippen LogP contribution in [0.15, 0.2) is 22.9 Å². The van der Waals surface area contributed by atoms with E-state index in [-0.39, 0.29) is 24.2 Å². The van der Waals surface area contributed by atoms with Crippen LogP contribution in [0.3, 0.4) is 0 Å². The van der Waals surface area contributed by atoms with E-state index in [9.17, 15) is 17.6 Å². The van der Waals surface area contributed by atoms with Gasteiger partial charge in [0.2, 0.25) is 6.39 Å². The van der Waals surface area contributed by atoms with Gasteiger partial charge in [-0.3, -0.25) is 4.90 Å². The van der Waals surface area contributed by atoms with E-state index in [0.29, 0.717) is 0 Å². The van der Waals surface area contributed by atoms with E-state index >= 15 is 0 Å². The van der Waals surface area contributed by atoms with Crippen LogP contribution in [0, 0.1) is 5.82 Å². The van der Waals surface area contributed by atoms with Crippen LogP contribution in [0.1, 0.15) is 0 Å². The molecule has 2 aromatic rings. The number of aromatic nitrogens is 2. The summed E-state index contributed by atoms with van der Waals surface area (Å²) in [6.07, 6.45) is -3.93. The van der Waals surface area contributed by atoms with Gasteiger partial charge in [-0.25, -0.2) is 4.39 Å². The van der Waals surface area contributed by atoms with E-state index in [2.05, 4.69) is 14.9 Å². The summed E-state index contributed by atoms with van der Waals surface area (Å²) in [6.45, 7) is -0.0908. The first-order valence-electron chi connectivity index (χ1n) is 5.20. The first-order valence-corrected chi connectivity index (χ1v) is 5.20. The molecule has 2 heterocycles. The van der Waals surface area contributed by atoms with E-state index in [1.807, 2.05) is 0 Å². The summed E-state index contributed by atoms with van der Waals surface area (Å²) >= 11 is 0. The molecule has 0 N–H and O–H groups in total. The molecular formula is C10H5F4N3O3. The maximum Gasteiger partial charge on any atom is 0.573 e. The lowest BCUT2D eigenvalue weighted by molar-refractivity contribution is -0.275. The number of anilines is 2. The van der Waals surface area contributed by atoms with Crippen molar-refractivity contribution in [1.29, 1.82) is 0 Å². The van der Waals surface area contributed by atoms with Crippen molar-refractivity contribution in [1.82, 2.24) is 10.2 Å². The third-order valence-corrected chi connectivity index (χ3v) is 2.46. The number of nitrogens with zero attached hydrogens (tertiary/aromatic N) is 3. The van der Waals surface area contributed by atoms with Gasteiger partial charge in [0.05, 0.1) is 5.69 Å². The van der Waals surface area contributed by atoms with Crippen LogP contribution in [0.2, 0.25) is 0 Å². The summed E-state index contributed by atoms with van der Waals surface area (Å²) in [5.74, 6) is -2.14. The molecule has 10 heteroatoms. The monoisotopic (exact) mass is 291 g/mol. The van der Waals surface area contributed by atoms with Gasteiger partial charge in [0.25, 0.3) is 0 Å². The fourth-order valence-corrected chi connectivity index (χ4v) is 1.70. The average Bonchev–Trinajstić information content (AvgIpc) is 2.96. The van der Waals surface area contributed by atoms with Crippen molar-refractivity contribution < 1.29 is 31.5 Å². The average molecular weight is 291 g/mol. The minimum absolute atomic E-state index is 0.0175. The molecular weight excluding hydrogens is 286 g/mol. The van der Waals surface area contributed by atoms with Crippen molar-refractivity contribution in [2.45, 2.75) is 6.36 Å². The Kier molecular flexibility index (Phi) is 2.66. The molecule has 20 heavy (non-hydrogen) atoms. The minimum atomic E-state index is -4.99. The van der Waals surface area contributed by atoms with Crippen LogP contribution in [0.5, 0.6) is 11.5 Å². The van der Waals surface area contributed by atoms with Gasteiger partial charge in [-0.15, -0.1) is 18.3 Å². The number of rotatable bonds is 2. The zero-order chi connectivity index (χ0) is 14.3. The topological polar surface area (TPSA) is 60.6 Å². The fourth-order valence-electron chi connectivity index (χ4n) is 1.70. The number of halogens is 4. The third kappa shape index (κ3) is 2.19. The maximum atomic E-state index is 13.6. The molecule has 0 atom stereocenters. The van der Waals surface area contributed by atoms with Crippen LogP contribution >= 0.6 is 0 Å². The summed E-state index contributed by atoms with van der Waals surface area (Å²) < 4.78 is 63.5. The molecule has 0 saturated heterocycles. The molecule has 3 rings (SSSR count). The first-order chi connectivity index (χ1) is 9.44. The van der Waals surface area contributed by atoms with Gasteiger partial charge in [0, 0.05) is 12.1 Å². The van der Waals surface area contributed by atoms with Crippen molar-refractivity contribution in [2.24, 2.45) is 0 Å². The van der Waals surface area contributed by atoms with Crippen LogP contribution < -0.4 is 14.4 Å². The predicted molar refractivity (Wildman–Crippen MR) is 55.0 cm³/mol. The second-order valence-corrected chi connectivity index (χ2v) is 3.72. The lowest BCUT2D eigenvalue weighted by atomic mass is 10.2. The Morgan fingerprint density at radius 1 is 1.30 bits per heavy atom. The Morgan fingerprint density at radius 3 is 2.75 bits per heavy atom. The Morgan fingerprint density at radius 2 is 2.10 bits per heavy atom. The maximum absolute atomic E-state index is 13.6. The summed E-state index contributed by atoms with van der Waals surface area (Å²) in [6, 6.07) is 1.69. The highest BCUT2D eigenvalue weighted by Gasteiger charge is 2.34. The smallest absolute Gasteiger partial charge is 0.470 e. The first kappa shape index (κ1) is 12.5. The van der Waals surface area contributed by atoms with Crippen LogP contribution in [0.25, 0.3) is 0 Å². The second-order valence-electron chi connectivity index (χ2n) is 3.72. The van der Waals surface area contributed by atoms with Crippen molar-refractivity contribution in [2.75, 3.05) is 11.6 Å². The second kappa shape index (κ2) is 4.25. The summed E-state index contributed by atoms with van der Waals surface area (Å²) in [5, 5.41) is 7.05. The van der Waals surface area contributed by atoms with E-state index in [1.54, 1.807) is 0 Å². The highest BCUT2D eigenvalue weighted by Crippen LogP contribution is 2.42. The van der Waals surface area contributed by atoms with Gasteiger partial charge < -0.3 is 13.9 Å². The van der Waals surface area contributed by atoms with Crippen LogP contribution in [-0.2, 0) is 0 Å². The van der Waals surface area contributed by atoms with E-state index in [1.165, 1.54) is 4.90 Å². The number of benzene rings is 1. The summed E-state index contributed by atoms with van der Waals surface area (Å²) in [5.41, 5.74) is 0.168. The van der Waals surface area contributed by atoms with Crippen molar-refractivity contribution >= 4 is 11.7 Å². The molecule has 1 aliphatic rings. The SMILES string of the molecule is Fc1cc2c(cc1OC(F)(F)F)OCN2c1nnco1. The Hall–Kier alpha value is -2.52. The van der Waals surface area contributed by atoms with Gasteiger partial charge >= 0.3 is 12.4 Å². The lowest BCUT2D eigenvalue weighted by Crippen LogP contribution is -2.18. The third-order valence-electron chi connectivity index (χ3n) is 2.46. The van der Waals surface area contributed by atoms with Gasteiger partial charge in [-0.05, 0) is 0 Å². The molecule has 0 saturated carbocycles. The quantitative estimate of drug-likeness (QED) is 0.793. The van der Waals surface area contributed by atoms with Crippen molar-refractivity contribution in [3.8, 4) is 11.5 Å². The zero-order valence-corrected chi connectivity index (χ0v) is 9.52. The minimum Gasteiger partial charge on any atom is -0.470 e. The molecule has 1 aromatic heterocycles. The predicted octanol–water partition coefficient (Wildman–Crippen LogP) is 2.60. The summed E-state index contributed by atoms with van der Waals surface area (Å²) in [7, 11) is 0. The molecule has 6 nitrogen and oxygen atoms in total. The van der Waals surface area contributed by atoms with Gasteiger partial charge in [0.15, 0.2) is 18.3 Å². The molecule has 0 aliphatic carbocycles. The highest BCUT2D eigenvalue weighted by atomic mass is 19.4. The van der Waals surface area contributed by atoms with E-state index in [4.69, 9.17) is 9.15 Å². The largest absolute Gasteiger partial charge is 0.573 e. The van der Waals surface area contributed by atoms with Gasteiger partial charge in [0.1, 0.15) is 5.75 Å². The normalized spacial score (nSPS) is 14.1. The molecule has 1 aromatic carbocycles. The number of hydrogen-bond acceptors (Lipinski definition) is 6. The number of fused-ring (bicyclic) bond motifs is 1. The number of alkyl halides is 3. The molecule has 0 spiro atoms. The Labute approximate surface area is 108 Å². The number of ether oxygens (including phenoxy) is 2. The Balaban J connectivity index is 1.96. The molecule has 1 aliphatic heterocycles. The van der Waals surface area contributed by atoms with Crippen LogP contribution in [0.4, 0.5) is 29.3 Å². The molecule has 0 fully saturated rings. The fraction of sp³-hybridized carbons (Fsp3) is 0.200. The Bertz CT molecular complexity index is 629. The molecule has 106 valence electrons. The standard InChI is InChI=1S/C10H5F4N3O3/c11-5-1-6-8(2-7(5)20-10(12,13)14)19-4-17(6)9-16-15-3-18-9/h1-3H,4H2. The van der Waals surface area contributed by atoms with Crippen molar-refractivity contribution in [3.05, 3.63) is 24.3 Å². The van der Waals surface area contributed by atoms with Crippen molar-refractivity contribution in [3.63, 3.8) is 0 Å². The van der Waals surface area contributed by atoms with E-state index in [0.717, 1.165) is 18.5 Å². The van der Waals surface area contributed by atoms with Crippen LogP contribution in [-0.4, -0.2) is 23.3 Å². The van der Waals surface area contributed by atoms with Gasteiger partial charge in [-0.2, -0.15) is 0 Å². The summed E-state index contributed by atoms with van der Waals surface area (Å²) in [4.78, 5) is 1.31. The lowest BCUT2D eigenvalue weighted by Gasteiger charge is -2.12. The molecule has 0 radical (unpaired) electrons. The highest BCUT2D eigenvalue weighted by molar-refractivity contribution is 5.69. The van der Waals surface area contributed by atoms with Gasteiger partial charge in [-0.1, -0.05) is 5.10 Å². The molecule has 0 unspecified atom stereocenters. The molecule has 0 amide bonds. The molecule has 0 bridgehead atoms.